The minimum atomic E-state index is -1.42. The van der Waals surface area contributed by atoms with E-state index in [0.29, 0.717) is 0 Å². The summed E-state index contributed by atoms with van der Waals surface area (Å²) in [4.78, 5) is 0. The number of nitrogens with two attached hydrogens (primary N) is 1. The van der Waals surface area contributed by atoms with E-state index in [4.69, 9.17) is 21.8 Å². The maximum absolute atomic E-state index is 9.04. The topological polar surface area (TPSA) is 119 Å². The van der Waals surface area contributed by atoms with Gasteiger partial charge in [0.25, 0.3) is 0 Å². The second-order valence-electron chi connectivity index (χ2n) is 2.19. The molecule has 0 spiro atoms. The van der Waals surface area contributed by atoms with Crippen LogP contribution in [0.5, 0.6) is 0 Å². The third-order valence-electron chi connectivity index (χ3n) is 1.29. The van der Waals surface area contributed by atoms with E-state index < -0.39 is 24.9 Å². The monoisotopic (exact) mass is 167 g/mol. The highest BCUT2D eigenvalue weighted by molar-refractivity contribution is 4.75. The Morgan fingerprint density at radius 2 is 2.00 bits per heavy atom. The molecule has 0 aromatic carbocycles. The number of nitrogens with one attached hydrogen (secondary N) is 1. The fourth-order valence-corrected chi connectivity index (χ4v) is 0.590. The number of hydrogen-bond acceptors (Lipinski definition) is 6. The van der Waals surface area contributed by atoms with Crippen LogP contribution in [0.15, 0.2) is 0 Å². The third kappa shape index (κ3) is 3.61. The Morgan fingerprint density at radius 1 is 1.36 bits per heavy atom. The van der Waals surface area contributed by atoms with Gasteiger partial charge in [-0.3, -0.25) is 11.3 Å². The van der Waals surface area contributed by atoms with Crippen molar-refractivity contribution in [1.82, 2.24) is 5.43 Å². The maximum Gasteiger partial charge on any atom is 0.137 e. The van der Waals surface area contributed by atoms with Gasteiger partial charge in [-0.05, 0) is 0 Å². The van der Waals surface area contributed by atoms with E-state index in [-0.39, 0.29) is 6.54 Å². The first kappa shape index (κ1) is 8.85. The average molecular weight is 167 g/mol. The van der Waals surface area contributed by atoms with E-state index in [9.17, 15) is 0 Å². The van der Waals surface area contributed by atoms with Crippen LogP contribution in [-0.2, 0) is 0 Å². The van der Waals surface area contributed by atoms with Crippen LogP contribution >= 0.6 is 0 Å². The van der Waals surface area contributed by atoms with Gasteiger partial charge >= 0.3 is 0 Å². The quantitative estimate of drug-likeness (QED) is 0.181. The van der Waals surface area contributed by atoms with Crippen molar-refractivity contribution in [3.63, 3.8) is 0 Å². The van der Waals surface area contributed by atoms with Gasteiger partial charge in [0.15, 0.2) is 0 Å². The fraction of sp³-hybridized carbons (Fsp3) is 1.00. The summed E-state index contributed by atoms with van der Waals surface area (Å²) in [5.74, 6) is 1.80. The van der Waals surface area contributed by atoms with Gasteiger partial charge in [-0.1, -0.05) is 0 Å². The maximum atomic E-state index is 9.04. The molecule has 0 aliphatic heterocycles. The summed E-state index contributed by atoms with van der Waals surface area (Å²) in [5.41, 5.74) is 2.22. The first-order valence-corrected chi connectivity index (χ1v) is 3.18. The molecule has 0 bridgehead atoms. The molecule has 6 nitrogen and oxygen atoms in total. The van der Waals surface area contributed by atoms with Gasteiger partial charge in [-0.25, -0.2) is 0 Å². The van der Waals surface area contributed by atoms with Crippen LogP contribution < -0.4 is 11.3 Å². The molecule has 0 amide bonds. The molecule has 0 rings (SSSR count). The average Bonchev–Trinajstić information content (AvgIpc) is 2.11. The van der Waals surface area contributed by atoms with E-state index in [2.05, 4.69) is 5.43 Å². The van der Waals surface area contributed by atoms with E-state index in [1.165, 1.54) is 0 Å². The molecule has 11 heavy (non-hydrogen) atoms. The molecule has 6 heteroatoms. The summed E-state index contributed by atoms with van der Waals surface area (Å²) in [7, 11) is 0. The van der Waals surface area contributed by atoms with Crippen molar-refractivity contribution in [2.45, 2.75) is 18.3 Å². The van der Waals surface area contributed by atoms with Gasteiger partial charge in [0, 0.05) is 6.54 Å². The molecule has 0 saturated carbocycles. The molecule has 0 fully saturated rings. The second-order valence-corrected chi connectivity index (χ2v) is 2.19. The van der Waals surface area contributed by atoms with Crippen LogP contribution in [-0.4, -0.2) is 51.9 Å². The lowest BCUT2D eigenvalue weighted by Crippen LogP contribution is -2.46. The van der Waals surface area contributed by atoms with Crippen molar-refractivity contribution >= 4 is 0 Å². The Labute approximate surface area is 65.7 Å². The van der Waals surface area contributed by atoms with Crippen LogP contribution in [0.2, 0.25) is 1.41 Å². The molecule has 0 saturated heterocycles. The second kappa shape index (κ2) is 5.42. The zero-order valence-electron chi connectivity index (χ0n) is 6.94. The molecule has 3 atom stereocenters. The lowest BCUT2D eigenvalue weighted by atomic mass is 10.1. The minimum Gasteiger partial charge on any atom is -0.394 e. The largest absolute Gasteiger partial charge is 0.394 e. The van der Waals surface area contributed by atoms with Crippen LogP contribution in [0.1, 0.15) is 0 Å². The van der Waals surface area contributed by atoms with Crippen LogP contribution in [0, 0.1) is 0 Å². The first-order valence-electron chi connectivity index (χ1n) is 3.68. The lowest BCUT2D eigenvalue weighted by Gasteiger charge is -2.20. The molecule has 68 valence electrons. The summed E-state index contributed by atoms with van der Waals surface area (Å²) >= 11 is 0. The molecule has 0 unspecified atom stereocenters. The first-order chi connectivity index (χ1) is 5.63. The number of aliphatic hydroxyl groups excluding tert-OH is 4. The summed E-state index contributed by atoms with van der Waals surface area (Å²) < 4.78 is 6.42. The fourth-order valence-electron chi connectivity index (χ4n) is 0.590. The molecule has 0 aromatic rings. The van der Waals surface area contributed by atoms with Gasteiger partial charge in [0.2, 0.25) is 0 Å². The molecule has 0 aliphatic rings. The molecule has 0 aromatic heterocycles. The number of rotatable bonds is 6. The molecule has 0 heterocycles. The highest BCUT2D eigenvalue weighted by Crippen LogP contribution is 1.97. The van der Waals surface area contributed by atoms with Crippen LogP contribution in [0.3, 0.4) is 0 Å². The summed E-state index contributed by atoms with van der Waals surface area (Å²) in [5, 5.41) is 35.3. The third-order valence-corrected chi connectivity index (χ3v) is 1.29. The number of hydrazine groups is 1. The Morgan fingerprint density at radius 3 is 2.45 bits per heavy atom. The van der Waals surface area contributed by atoms with Crippen molar-refractivity contribution in [2.24, 2.45) is 5.84 Å². The molecular formula is C5H14N2O4. The Bertz CT molecular complexity index is 118. The lowest BCUT2D eigenvalue weighted by molar-refractivity contribution is -0.0749. The van der Waals surface area contributed by atoms with Crippen molar-refractivity contribution < 1.29 is 21.8 Å². The summed E-state index contributed by atoms with van der Waals surface area (Å²) in [6.07, 6.45) is -4.02. The van der Waals surface area contributed by atoms with Gasteiger partial charge in [-0.15, -0.1) is 0 Å². The van der Waals surface area contributed by atoms with Gasteiger partial charge in [0.1, 0.15) is 13.6 Å². The molecule has 7 N–H and O–H groups in total. The SMILES string of the molecule is [2H]NNC[C@H](O)[C@H](O)[C@H](O)CO. The normalized spacial score (nSPS) is 20.5. The highest BCUT2D eigenvalue weighted by atomic mass is 16.4. The zero-order valence-corrected chi connectivity index (χ0v) is 5.94. The Kier molecular flexibility index (Phi) is 4.36. The Hall–Kier alpha value is -0.240. The predicted octanol–water partition coefficient (Wildman–Crippen LogP) is -3.48. The predicted molar refractivity (Wildman–Crippen MR) is 37.3 cm³/mol. The number of hydrogen-bond donors (Lipinski definition) is 6. The van der Waals surface area contributed by atoms with E-state index in [1.807, 2.05) is 0 Å². The minimum absolute atomic E-state index is 0.0955. The summed E-state index contributed by atoms with van der Waals surface area (Å²) in [6, 6.07) is 0. The molecule has 0 aliphatic carbocycles. The van der Waals surface area contributed by atoms with Gasteiger partial charge in [0.05, 0.1) is 12.7 Å². The van der Waals surface area contributed by atoms with Crippen molar-refractivity contribution in [3.05, 3.63) is 0 Å². The molecular weight excluding hydrogens is 152 g/mol. The van der Waals surface area contributed by atoms with Crippen molar-refractivity contribution in [3.8, 4) is 0 Å². The van der Waals surface area contributed by atoms with Gasteiger partial charge < -0.3 is 20.4 Å². The summed E-state index contributed by atoms with van der Waals surface area (Å²) in [6.45, 7) is -0.714. The van der Waals surface area contributed by atoms with Crippen molar-refractivity contribution in [1.29, 1.82) is 0 Å². The smallest absolute Gasteiger partial charge is 0.137 e. The van der Waals surface area contributed by atoms with E-state index in [1.54, 1.807) is 5.84 Å². The molecule has 0 radical (unpaired) electrons. The van der Waals surface area contributed by atoms with Crippen LogP contribution in [0.25, 0.3) is 0 Å². The van der Waals surface area contributed by atoms with E-state index in [0.717, 1.165) is 0 Å². The zero-order chi connectivity index (χ0) is 9.56. The highest BCUT2D eigenvalue weighted by Gasteiger charge is 2.22. The van der Waals surface area contributed by atoms with Crippen LogP contribution in [0.4, 0.5) is 0 Å². The van der Waals surface area contributed by atoms with Gasteiger partial charge in [-0.2, -0.15) is 0 Å². The van der Waals surface area contributed by atoms with Crippen molar-refractivity contribution in [2.75, 3.05) is 13.2 Å². The Balaban J connectivity index is 3.67. The number of aliphatic hydroxyl groups is 4. The standard InChI is InChI=1S/C5H14N2O4/c6-7-1-3(9)5(11)4(10)2-8/h3-5,7-11H,1-2,6H2/t3-,4+,5-/m0/s1/i/hD. The van der Waals surface area contributed by atoms with E-state index >= 15 is 0 Å².